The molecular weight excluding hydrogens is 228 g/mol. The van der Waals surface area contributed by atoms with Gasteiger partial charge in [0.2, 0.25) is 5.88 Å². The van der Waals surface area contributed by atoms with Gasteiger partial charge in [0.15, 0.2) is 5.96 Å². The number of hydrogen-bond acceptors (Lipinski definition) is 3. The molecule has 0 atom stereocenters. The molecule has 3 N–H and O–H groups in total. The normalized spacial score (nSPS) is 11.2. The molecule has 0 aromatic carbocycles. The summed E-state index contributed by atoms with van der Waals surface area (Å²) in [6.07, 6.45) is 1.72. The van der Waals surface area contributed by atoms with Crippen LogP contribution in [0.2, 0.25) is 0 Å². The number of hydrogen-bond donors (Lipinski definition) is 2. The van der Waals surface area contributed by atoms with E-state index >= 15 is 0 Å². The lowest BCUT2D eigenvalue weighted by atomic mass is 10.1. The minimum absolute atomic E-state index is 0.386. The van der Waals surface area contributed by atoms with Gasteiger partial charge in [0.1, 0.15) is 0 Å². The number of nitrogens with one attached hydrogen (secondary N) is 1. The largest absolute Gasteiger partial charge is 0.481 e. The van der Waals surface area contributed by atoms with E-state index in [1.165, 1.54) is 0 Å². The van der Waals surface area contributed by atoms with Crippen molar-refractivity contribution in [2.24, 2.45) is 10.7 Å². The molecule has 0 radical (unpaired) electrons. The average Bonchev–Trinajstić information content (AvgIpc) is 2.34. The Bertz CT molecular complexity index is 455. The Kier molecular flexibility index (Phi) is 5.17. The second-order valence-corrected chi connectivity index (χ2v) is 3.94. The number of nitrogens with zero attached hydrogens (tertiary/aromatic N) is 2. The molecule has 5 heteroatoms. The van der Waals surface area contributed by atoms with Crippen LogP contribution in [0, 0.1) is 13.8 Å². The van der Waals surface area contributed by atoms with Crippen molar-refractivity contribution in [1.82, 2.24) is 10.3 Å². The molecule has 18 heavy (non-hydrogen) atoms. The van der Waals surface area contributed by atoms with Gasteiger partial charge in [-0.15, -0.1) is 6.58 Å². The number of aliphatic imine (C=N–C) groups is 1. The zero-order valence-electron chi connectivity index (χ0n) is 11.2. The molecule has 0 saturated carbocycles. The Hall–Kier alpha value is -2.04. The minimum Gasteiger partial charge on any atom is -0.481 e. The molecule has 1 rings (SSSR count). The lowest BCUT2D eigenvalue weighted by molar-refractivity contribution is 0.391. The predicted octanol–water partition coefficient (Wildman–Crippen LogP) is 1.30. The predicted molar refractivity (Wildman–Crippen MR) is 73.8 cm³/mol. The summed E-state index contributed by atoms with van der Waals surface area (Å²) in [4.78, 5) is 8.57. The van der Waals surface area contributed by atoms with E-state index in [4.69, 9.17) is 10.5 Å². The number of rotatable bonds is 5. The van der Waals surface area contributed by atoms with E-state index in [1.54, 1.807) is 13.2 Å². The number of methoxy groups -OCH3 is 1. The van der Waals surface area contributed by atoms with Gasteiger partial charge in [-0.05, 0) is 25.5 Å². The van der Waals surface area contributed by atoms with E-state index in [9.17, 15) is 0 Å². The lowest BCUT2D eigenvalue weighted by Crippen LogP contribution is -2.31. The molecule has 0 bridgehead atoms. The molecule has 5 nitrogen and oxygen atoms in total. The highest BCUT2D eigenvalue weighted by Crippen LogP contribution is 2.21. The summed E-state index contributed by atoms with van der Waals surface area (Å²) in [5.74, 6) is 0.990. The summed E-state index contributed by atoms with van der Waals surface area (Å²) in [5.41, 5.74) is 8.68. The van der Waals surface area contributed by atoms with Crippen molar-refractivity contribution in [3.63, 3.8) is 0 Å². The number of aromatic nitrogens is 1. The molecule has 0 amide bonds. The van der Waals surface area contributed by atoms with Gasteiger partial charge in [0.05, 0.1) is 13.7 Å². The summed E-state index contributed by atoms with van der Waals surface area (Å²) < 4.78 is 5.26. The van der Waals surface area contributed by atoms with E-state index in [2.05, 4.69) is 21.9 Å². The first-order chi connectivity index (χ1) is 8.58. The van der Waals surface area contributed by atoms with Crippen molar-refractivity contribution in [3.8, 4) is 5.88 Å². The van der Waals surface area contributed by atoms with Crippen LogP contribution in [0.25, 0.3) is 0 Å². The number of pyridine rings is 1. The number of ether oxygens (including phenoxy) is 1. The van der Waals surface area contributed by atoms with Gasteiger partial charge in [0, 0.05) is 17.8 Å². The van der Waals surface area contributed by atoms with Gasteiger partial charge in [0.25, 0.3) is 0 Å². The molecule has 0 aliphatic heterocycles. The van der Waals surface area contributed by atoms with E-state index in [-0.39, 0.29) is 0 Å². The Morgan fingerprint density at radius 1 is 1.61 bits per heavy atom. The average molecular weight is 248 g/mol. The molecule has 0 fully saturated rings. The third-order valence-corrected chi connectivity index (χ3v) is 2.47. The fraction of sp³-hybridized carbons (Fsp3) is 0.385. The molecule has 1 aromatic rings. The Morgan fingerprint density at radius 2 is 2.33 bits per heavy atom. The zero-order valence-corrected chi connectivity index (χ0v) is 11.2. The first kappa shape index (κ1) is 14.0. The van der Waals surface area contributed by atoms with E-state index < -0.39 is 0 Å². The monoisotopic (exact) mass is 248 g/mol. The molecule has 0 spiro atoms. The molecule has 1 aromatic heterocycles. The van der Waals surface area contributed by atoms with Crippen LogP contribution in [0.15, 0.2) is 23.7 Å². The quantitative estimate of drug-likeness (QED) is 0.468. The summed E-state index contributed by atoms with van der Waals surface area (Å²) in [7, 11) is 1.60. The van der Waals surface area contributed by atoms with Crippen LogP contribution in [0.3, 0.4) is 0 Å². The van der Waals surface area contributed by atoms with Gasteiger partial charge < -0.3 is 15.8 Å². The second kappa shape index (κ2) is 6.64. The highest BCUT2D eigenvalue weighted by molar-refractivity contribution is 5.77. The number of nitrogens with two attached hydrogens (primary N) is 1. The summed E-state index contributed by atoms with van der Waals surface area (Å²) >= 11 is 0. The highest BCUT2D eigenvalue weighted by atomic mass is 16.5. The first-order valence-electron chi connectivity index (χ1n) is 5.74. The van der Waals surface area contributed by atoms with Gasteiger partial charge in [-0.2, -0.15) is 0 Å². The van der Waals surface area contributed by atoms with Crippen molar-refractivity contribution in [3.05, 3.63) is 35.5 Å². The molecule has 98 valence electrons. The smallest absolute Gasteiger partial charge is 0.218 e. The fourth-order valence-electron chi connectivity index (χ4n) is 1.59. The number of guanidine groups is 1. The van der Waals surface area contributed by atoms with Crippen molar-refractivity contribution in [2.75, 3.05) is 13.7 Å². The minimum atomic E-state index is 0.386. The molecule has 0 saturated heterocycles. The van der Waals surface area contributed by atoms with E-state index in [0.717, 1.165) is 16.8 Å². The molecule has 1 heterocycles. The Balaban J connectivity index is 2.87. The third-order valence-electron chi connectivity index (χ3n) is 2.47. The highest BCUT2D eigenvalue weighted by Gasteiger charge is 2.08. The van der Waals surface area contributed by atoms with Gasteiger partial charge >= 0.3 is 0 Å². The fourth-order valence-corrected chi connectivity index (χ4v) is 1.59. The van der Waals surface area contributed by atoms with Crippen LogP contribution < -0.4 is 15.8 Å². The van der Waals surface area contributed by atoms with Crippen LogP contribution in [0.1, 0.15) is 16.8 Å². The Morgan fingerprint density at radius 3 is 2.94 bits per heavy atom. The maximum atomic E-state index is 5.71. The van der Waals surface area contributed by atoms with Crippen LogP contribution in [0.5, 0.6) is 5.88 Å². The van der Waals surface area contributed by atoms with Crippen LogP contribution >= 0.6 is 0 Å². The van der Waals surface area contributed by atoms with Crippen LogP contribution in [0.4, 0.5) is 0 Å². The molecule has 0 aliphatic rings. The van der Waals surface area contributed by atoms with Crippen molar-refractivity contribution < 1.29 is 4.74 Å². The van der Waals surface area contributed by atoms with Crippen molar-refractivity contribution in [1.29, 1.82) is 0 Å². The molecular formula is C13H20N4O. The van der Waals surface area contributed by atoms with E-state index in [0.29, 0.717) is 24.9 Å². The van der Waals surface area contributed by atoms with Crippen LogP contribution in [-0.4, -0.2) is 24.6 Å². The standard InChI is InChI=1S/C13H20N4O/c1-5-6-15-13(14)16-8-11-9(2)7-10(3)17-12(11)18-4/h5,7H,1,6,8H2,2-4H3,(H3,14,15,16). The van der Waals surface area contributed by atoms with Crippen molar-refractivity contribution >= 4 is 5.96 Å². The van der Waals surface area contributed by atoms with Crippen molar-refractivity contribution in [2.45, 2.75) is 20.4 Å². The van der Waals surface area contributed by atoms with Gasteiger partial charge in [-0.1, -0.05) is 6.08 Å². The zero-order chi connectivity index (χ0) is 13.5. The summed E-state index contributed by atoms with van der Waals surface area (Å²) in [5, 5.41) is 2.92. The molecule has 0 unspecified atom stereocenters. The Labute approximate surface area is 108 Å². The second-order valence-electron chi connectivity index (χ2n) is 3.94. The SMILES string of the molecule is C=CCNC(N)=NCc1c(C)cc(C)nc1OC. The summed E-state index contributed by atoms with van der Waals surface area (Å²) in [6, 6.07) is 2.00. The molecule has 0 aliphatic carbocycles. The summed E-state index contributed by atoms with van der Waals surface area (Å²) in [6.45, 7) is 8.58. The van der Waals surface area contributed by atoms with Crippen LogP contribution in [-0.2, 0) is 6.54 Å². The topological polar surface area (TPSA) is 72.5 Å². The van der Waals surface area contributed by atoms with Gasteiger partial charge in [-0.25, -0.2) is 9.98 Å². The number of aryl methyl sites for hydroxylation is 2. The third kappa shape index (κ3) is 3.76. The maximum Gasteiger partial charge on any atom is 0.218 e. The first-order valence-corrected chi connectivity index (χ1v) is 5.74. The van der Waals surface area contributed by atoms with Gasteiger partial charge in [-0.3, -0.25) is 0 Å². The lowest BCUT2D eigenvalue weighted by Gasteiger charge is -2.10. The van der Waals surface area contributed by atoms with E-state index in [1.807, 2.05) is 19.9 Å². The maximum absolute atomic E-state index is 5.71.